The highest BCUT2D eigenvalue weighted by Crippen LogP contribution is 2.38. The van der Waals surface area contributed by atoms with Crippen LogP contribution in [-0.4, -0.2) is 29.0 Å². The number of hydrogen-bond donors (Lipinski definition) is 2. The summed E-state index contributed by atoms with van der Waals surface area (Å²) >= 11 is 0. The fourth-order valence-electron chi connectivity index (χ4n) is 2.71. The number of nitrogens with one attached hydrogen (secondary N) is 2. The first-order valence-electron chi connectivity index (χ1n) is 7.08. The van der Waals surface area contributed by atoms with Gasteiger partial charge in [-0.1, -0.05) is 0 Å². The van der Waals surface area contributed by atoms with E-state index in [0.717, 1.165) is 24.2 Å². The Kier molecular flexibility index (Phi) is 3.05. The molecule has 0 radical (unpaired) electrons. The Morgan fingerprint density at radius 2 is 2.21 bits per heavy atom. The SMILES string of the molecule is CC1(C)NCCC1NC(=O)c1ccnc(C2CC2)c1. The minimum atomic E-state index is -0.0258. The minimum absolute atomic E-state index is 0.0195. The second kappa shape index (κ2) is 4.60. The van der Waals surface area contributed by atoms with Gasteiger partial charge in [-0.25, -0.2) is 0 Å². The van der Waals surface area contributed by atoms with Crippen molar-refractivity contribution in [3.8, 4) is 0 Å². The highest BCUT2D eigenvalue weighted by molar-refractivity contribution is 5.94. The van der Waals surface area contributed by atoms with Gasteiger partial charge in [0.1, 0.15) is 0 Å². The second-order valence-corrected chi connectivity index (χ2v) is 6.21. The monoisotopic (exact) mass is 259 g/mol. The molecule has 2 fully saturated rings. The maximum atomic E-state index is 12.3. The molecular formula is C15H21N3O. The lowest BCUT2D eigenvalue weighted by molar-refractivity contribution is 0.0923. The van der Waals surface area contributed by atoms with Gasteiger partial charge in [0.25, 0.3) is 5.91 Å². The van der Waals surface area contributed by atoms with Gasteiger partial charge in [-0.15, -0.1) is 0 Å². The molecule has 2 aliphatic rings. The summed E-state index contributed by atoms with van der Waals surface area (Å²) in [5, 5.41) is 6.56. The van der Waals surface area contributed by atoms with E-state index in [1.54, 1.807) is 12.3 Å². The number of carbonyl (C=O) groups is 1. The van der Waals surface area contributed by atoms with Crippen LogP contribution in [0.4, 0.5) is 0 Å². The zero-order chi connectivity index (χ0) is 13.5. The van der Waals surface area contributed by atoms with Crippen molar-refractivity contribution in [1.29, 1.82) is 0 Å². The zero-order valence-electron chi connectivity index (χ0n) is 11.6. The van der Waals surface area contributed by atoms with Gasteiger partial charge in [-0.2, -0.15) is 0 Å². The lowest BCUT2D eigenvalue weighted by Gasteiger charge is -2.27. The van der Waals surface area contributed by atoms with Crippen molar-refractivity contribution in [1.82, 2.24) is 15.6 Å². The molecular weight excluding hydrogens is 238 g/mol. The number of hydrogen-bond acceptors (Lipinski definition) is 3. The van der Waals surface area contributed by atoms with Crippen LogP contribution in [0.2, 0.25) is 0 Å². The van der Waals surface area contributed by atoms with Gasteiger partial charge in [0.2, 0.25) is 0 Å². The Morgan fingerprint density at radius 3 is 2.84 bits per heavy atom. The van der Waals surface area contributed by atoms with Crippen LogP contribution < -0.4 is 10.6 Å². The standard InChI is InChI=1S/C15H21N3O/c1-15(2)13(6-8-17-15)18-14(19)11-5-7-16-12(9-11)10-3-4-10/h5,7,9-10,13,17H,3-4,6,8H2,1-2H3,(H,18,19). The van der Waals surface area contributed by atoms with Crippen LogP contribution in [0.5, 0.6) is 0 Å². The van der Waals surface area contributed by atoms with Crippen molar-refractivity contribution in [2.75, 3.05) is 6.54 Å². The Balaban J connectivity index is 1.71. The van der Waals surface area contributed by atoms with Gasteiger partial charge in [0.05, 0.1) is 0 Å². The molecule has 1 saturated heterocycles. The van der Waals surface area contributed by atoms with Gasteiger partial charge in [0, 0.05) is 35.0 Å². The number of amides is 1. The first kappa shape index (κ1) is 12.6. The van der Waals surface area contributed by atoms with Gasteiger partial charge >= 0.3 is 0 Å². The number of rotatable bonds is 3. The Morgan fingerprint density at radius 1 is 1.42 bits per heavy atom. The van der Waals surface area contributed by atoms with Crippen LogP contribution in [0, 0.1) is 0 Å². The largest absolute Gasteiger partial charge is 0.347 e. The maximum Gasteiger partial charge on any atom is 0.251 e. The fraction of sp³-hybridized carbons (Fsp3) is 0.600. The molecule has 2 heterocycles. The quantitative estimate of drug-likeness (QED) is 0.870. The van der Waals surface area contributed by atoms with Gasteiger partial charge < -0.3 is 10.6 Å². The summed E-state index contributed by atoms with van der Waals surface area (Å²) in [4.78, 5) is 16.7. The van der Waals surface area contributed by atoms with E-state index in [1.807, 2.05) is 6.07 Å². The third-order valence-electron chi connectivity index (χ3n) is 4.23. The molecule has 1 aromatic heterocycles. The summed E-state index contributed by atoms with van der Waals surface area (Å²) in [6, 6.07) is 3.94. The first-order valence-corrected chi connectivity index (χ1v) is 7.08. The van der Waals surface area contributed by atoms with Gasteiger partial charge in [-0.05, 0) is 51.8 Å². The molecule has 1 aliphatic carbocycles. The molecule has 0 bridgehead atoms. The minimum Gasteiger partial charge on any atom is -0.347 e. The average molecular weight is 259 g/mol. The Bertz CT molecular complexity index is 494. The maximum absolute atomic E-state index is 12.3. The topological polar surface area (TPSA) is 54.0 Å². The summed E-state index contributed by atoms with van der Waals surface area (Å²) in [7, 11) is 0. The molecule has 4 heteroatoms. The molecule has 1 aliphatic heterocycles. The van der Waals surface area contributed by atoms with E-state index in [1.165, 1.54) is 12.8 Å². The molecule has 1 amide bonds. The molecule has 1 aromatic rings. The molecule has 0 spiro atoms. The van der Waals surface area contributed by atoms with Crippen molar-refractivity contribution in [2.24, 2.45) is 0 Å². The predicted octanol–water partition coefficient (Wildman–Crippen LogP) is 1.83. The average Bonchev–Trinajstić information content (AvgIpc) is 3.17. The van der Waals surface area contributed by atoms with Crippen molar-refractivity contribution in [3.63, 3.8) is 0 Å². The van der Waals surface area contributed by atoms with E-state index in [0.29, 0.717) is 5.92 Å². The number of aromatic nitrogens is 1. The predicted molar refractivity (Wildman–Crippen MR) is 74.2 cm³/mol. The molecule has 0 aromatic carbocycles. The number of nitrogens with zero attached hydrogens (tertiary/aromatic N) is 1. The third-order valence-corrected chi connectivity index (χ3v) is 4.23. The first-order chi connectivity index (χ1) is 9.06. The number of pyridine rings is 1. The summed E-state index contributed by atoms with van der Waals surface area (Å²) in [6.07, 6.45) is 5.15. The highest BCUT2D eigenvalue weighted by Gasteiger charge is 2.35. The van der Waals surface area contributed by atoms with Crippen molar-refractivity contribution in [3.05, 3.63) is 29.6 Å². The van der Waals surface area contributed by atoms with Crippen molar-refractivity contribution < 1.29 is 4.79 Å². The fourth-order valence-corrected chi connectivity index (χ4v) is 2.71. The van der Waals surface area contributed by atoms with Crippen LogP contribution in [-0.2, 0) is 0 Å². The van der Waals surface area contributed by atoms with E-state index in [4.69, 9.17) is 0 Å². The van der Waals surface area contributed by atoms with Crippen molar-refractivity contribution in [2.45, 2.75) is 50.6 Å². The molecule has 102 valence electrons. The Labute approximate surface area is 114 Å². The van der Waals surface area contributed by atoms with Crippen LogP contribution in [0.1, 0.15) is 55.1 Å². The molecule has 1 saturated carbocycles. The normalized spacial score (nSPS) is 25.3. The zero-order valence-corrected chi connectivity index (χ0v) is 11.6. The lowest BCUT2D eigenvalue weighted by atomic mass is 9.96. The van der Waals surface area contributed by atoms with Crippen molar-refractivity contribution >= 4 is 5.91 Å². The van der Waals surface area contributed by atoms with Crippen LogP contribution in [0.15, 0.2) is 18.3 Å². The summed E-state index contributed by atoms with van der Waals surface area (Å²) < 4.78 is 0. The summed E-state index contributed by atoms with van der Waals surface area (Å²) in [5.74, 6) is 0.600. The van der Waals surface area contributed by atoms with E-state index < -0.39 is 0 Å². The highest BCUT2D eigenvalue weighted by atomic mass is 16.1. The third kappa shape index (κ3) is 2.63. The summed E-state index contributed by atoms with van der Waals surface area (Å²) in [5.41, 5.74) is 1.78. The number of carbonyl (C=O) groups excluding carboxylic acids is 1. The molecule has 19 heavy (non-hydrogen) atoms. The molecule has 3 rings (SSSR count). The van der Waals surface area contributed by atoms with E-state index in [-0.39, 0.29) is 17.5 Å². The second-order valence-electron chi connectivity index (χ2n) is 6.21. The van der Waals surface area contributed by atoms with Crippen LogP contribution >= 0.6 is 0 Å². The van der Waals surface area contributed by atoms with Gasteiger partial charge in [0.15, 0.2) is 0 Å². The molecule has 2 N–H and O–H groups in total. The lowest BCUT2D eigenvalue weighted by Crippen LogP contribution is -2.50. The van der Waals surface area contributed by atoms with Gasteiger partial charge in [-0.3, -0.25) is 9.78 Å². The Hall–Kier alpha value is -1.42. The molecule has 1 atom stereocenters. The van der Waals surface area contributed by atoms with E-state index >= 15 is 0 Å². The molecule has 4 nitrogen and oxygen atoms in total. The summed E-state index contributed by atoms with van der Waals surface area (Å²) in [6.45, 7) is 5.22. The smallest absolute Gasteiger partial charge is 0.251 e. The van der Waals surface area contributed by atoms with E-state index in [9.17, 15) is 4.79 Å². The van der Waals surface area contributed by atoms with Crippen LogP contribution in [0.3, 0.4) is 0 Å². The van der Waals surface area contributed by atoms with E-state index in [2.05, 4.69) is 29.5 Å². The molecule has 1 unspecified atom stereocenters. The van der Waals surface area contributed by atoms with Crippen LogP contribution in [0.25, 0.3) is 0 Å².